The molecule has 5 aromatic rings. The Morgan fingerprint density at radius 3 is 2.57 bits per heavy atom. The van der Waals surface area contributed by atoms with E-state index in [0.29, 0.717) is 40.8 Å². The molecule has 0 aliphatic carbocycles. The molecule has 0 atom stereocenters. The highest BCUT2D eigenvalue weighted by Gasteiger charge is 2.11. The first kappa shape index (κ1) is 22.9. The molecule has 0 aliphatic heterocycles. The first-order valence-electron chi connectivity index (χ1n) is 11.5. The molecule has 0 amide bonds. The summed E-state index contributed by atoms with van der Waals surface area (Å²) in [4.78, 5) is 18.3. The predicted octanol–water partition coefficient (Wildman–Crippen LogP) is 4.93. The Hall–Kier alpha value is -3.84. The van der Waals surface area contributed by atoms with Crippen molar-refractivity contribution in [2.45, 2.75) is 20.8 Å². The lowest BCUT2D eigenvalue weighted by molar-refractivity contribution is 0.208. The molecule has 3 aromatic carbocycles. The Balaban J connectivity index is 1.34. The van der Waals surface area contributed by atoms with Gasteiger partial charge < -0.3 is 14.2 Å². The third kappa shape index (κ3) is 4.72. The van der Waals surface area contributed by atoms with E-state index < -0.39 is 0 Å². The van der Waals surface area contributed by atoms with Gasteiger partial charge in [-0.25, -0.2) is 9.38 Å². The van der Waals surface area contributed by atoms with Crippen molar-refractivity contribution < 1.29 is 14.2 Å². The molecule has 0 bridgehead atoms. The molecule has 35 heavy (non-hydrogen) atoms. The topological polar surface area (TPSA) is 62.1 Å². The van der Waals surface area contributed by atoms with Crippen LogP contribution in [0.2, 0.25) is 0 Å². The number of fused-ring (bicyclic) bond motifs is 3. The van der Waals surface area contributed by atoms with Gasteiger partial charge in [-0.3, -0.25) is 4.79 Å². The standard InChI is InChI=1S/C28H26N2O4S/c1-4-32-25-16-20(10-12-24(25)34-14-13-33-21-11-9-18(2)19(3)15-21)17-26-27(31)30-23-8-6-5-7-22(23)29-28(30)35-26/h5-12,15-17H,4,13-14H2,1-3H3/b26-17-. The van der Waals surface area contributed by atoms with Gasteiger partial charge in [-0.1, -0.05) is 35.6 Å². The third-order valence-electron chi connectivity index (χ3n) is 5.80. The Bertz CT molecular complexity index is 1620. The van der Waals surface area contributed by atoms with Gasteiger partial charge in [0, 0.05) is 0 Å². The largest absolute Gasteiger partial charge is 0.490 e. The van der Waals surface area contributed by atoms with Gasteiger partial charge >= 0.3 is 0 Å². The minimum Gasteiger partial charge on any atom is -0.490 e. The predicted molar refractivity (Wildman–Crippen MR) is 140 cm³/mol. The highest BCUT2D eigenvalue weighted by atomic mass is 32.1. The van der Waals surface area contributed by atoms with Crippen LogP contribution in [0.3, 0.4) is 0 Å². The number of benzene rings is 3. The summed E-state index contributed by atoms with van der Waals surface area (Å²) in [5.41, 5.74) is 4.87. The highest BCUT2D eigenvalue weighted by Crippen LogP contribution is 2.29. The minimum atomic E-state index is -0.0690. The number of ether oxygens (including phenoxy) is 3. The van der Waals surface area contributed by atoms with Crippen LogP contribution in [0.5, 0.6) is 17.2 Å². The molecule has 0 saturated heterocycles. The van der Waals surface area contributed by atoms with Crippen molar-refractivity contribution in [3.05, 3.63) is 92.2 Å². The molecule has 0 saturated carbocycles. The van der Waals surface area contributed by atoms with Gasteiger partial charge in [-0.05, 0) is 79.9 Å². The van der Waals surface area contributed by atoms with Gasteiger partial charge in [0.2, 0.25) is 0 Å². The number of nitrogens with zero attached hydrogens (tertiary/aromatic N) is 2. The van der Waals surface area contributed by atoms with E-state index in [-0.39, 0.29) is 5.56 Å². The van der Waals surface area contributed by atoms with Crippen LogP contribution in [0.15, 0.2) is 65.5 Å². The van der Waals surface area contributed by atoms with Crippen molar-refractivity contribution in [3.63, 3.8) is 0 Å². The van der Waals surface area contributed by atoms with E-state index in [4.69, 9.17) is 14.2 Å². The number of imidazole rings is 1. The van der Waals surface area contributed by atoms with E-state index in [1.165, 1.54) is 22.5 Å². The summed E-state index contributed by atoms with van der Waals surface area (Å²) in [7, 11) is 0. The Labute approximate surface area is 207 Å². The van der Waals surface area contributed by atoms with Crippen molar-refractivity contribution >= 4 is 33.4 Å². The van der Waals surface area contributed by atoms with Gasteiger partial charge in [0.15, 0.2) is 16.5 Å². The second-order valence-corrected chi connectivity index (χ2v) is 9.23. The summed E-state index contributed by atoms with van der Waals surface area (Å²) in [5.74, 6) is 2.10. The Morgan fingerprint density at radius 1 is 0.914 bits per heavy atom. The molecule has 5 rings (SSSR count). The molecule has 0 fully saturated rings. The minimum absolute atomic E-state index is 0.0690. The van der Waals surface area contributed by atoms with Crippen molar-refractivity contribution in [3.8, 4) is 17.2 Å². The van der Waals surface area contributed by atoms with E-state index in [1.54, 1.807) is 4.40 Å². The quantitative estimate of drug-likeness (QED) is 0.291. The maximum Gasteiger partial charge on any atom is 0.274 e. The molecule has 0 unspecified atom stereocenters. The van der Waals surface area contributed by atoms with Gasteiger partial charge in [0.1, 0.15) is 19.0 Å². The lowest BCUT2D eigenvalue weighted by Crippen LogP contribution is -2.22. The van der Waals surface area contributed by atoms with Crippen LogP contribution >= 0.6 is 11.3 Å². The molecule has 2 heterocycles. The van der Waals surface area contributed by atoms with Gasteiger partial charge in [-0.15, -0.1) is 0 Å². The first-order valence-corrected chi connectivity index (χ1v) is 12.4. The zero-order valence-electron chi connectivity index (χ0n) is 19.9. The average molecular weight is 487 g/mol. The normalized spacial score (nSPS) is 11.9. The SMILES string of the molecule is CCOc1cc(/C=c2\sc3nc4ccccc4n3c2=O)ccc1OCCOc1ccc(C)c(C)c1. The summed E-state index contributed by atoms with van der Waals surface area (Å²) in [6.45, 7) is 7.38. The Morgan fingerprint density at radius 2 is 1.74 bits per heavy atom. The number of para-hydroxylation sites is 2. The molecule has 0 aliphatic rings. The molecule has 7 heteroatoms. The highest BCUT2D eigenvalue weighted by molar-refractivity contribution is 7.15. The number of hydrogen-bond acceptors (Lipinski definition) is 6. The van der Waals surface area contributed by atoms with Crippen molar-refractivity contribution in [2.75, 3.05) is 19.8 Å². The maximum atomic E-state index is 13.0. The van der Waals surface area contributed by atoms with Crippen LogP contribution in [0, 0.1) is 13.8 Å². The monoisotopic (exact) mass is 486 g/mol. The molecule has 0 radical (unpaired) electrons. The lowest BCUT2D eigenvalue weighted by atomic mass is 10.1. The summed E-state index contributed by atoms with van der Waals surface area (Å²) >= 11 is 1.38. The van der Waals surface area contributed by atoms with E-state index in [9.17, 15) is 4.79 Å². The van der Waals surface area contributed by atoms with Crippen LogP contribution in [0.4, 0.5) is 0 Å². The zero-order chi connectivity index (χ0) is 24.4. The molecule has 2 aromatic heterocycles. The number of aromatic nitrogens is 2. The zero-order valence-corrected chi connectivity index (χ0v) is 20.7. The summed E-state index contributed by atoms with van der Waals surface area (Å²) < 4.78 is 19.9. The molecule has 0 N–H and O–H groups in total. The number of rotatable bonds is 8. The molecule has 178 valence electrons. The number of thiazole rings is 1. The fourth-order valence-electron chi connectivity index (χ4n) is 3.88. The van der Waals surface area contributed by atoms with Gasteiger partial charge in [0.05, 0.1) is 22.2 Å². The molecular weight excluding hydrogens is 460 g/mol. The molecule has 0 spiro atoms. The summed E-state index contributed by atoms with van der Waals surface area (Å²) in [5, 5.41) is 0. The van der Waals surface area contributed by atoms with Crippen LogP contribution in [-0.4, -0.2) is 29.2 Å². The number of aryl methyl sites for hydroxylation is 2. The second kappa shape index (κ2) is 9.80. The van der Waals surface area contributed by atoms with Gasteiger partial charge in [0.25, 0.3) is 5.56 Å². The van der Waals surface area contributed by atoms with Crippen molar-refractivity contribution in [2.24, 2.45) is 0 Å². The van der Waals surface area contributed by atoms with Crippen molar-refractivity contribution in [1.29, 1.82) is 0 Å². The Kier molecular flexibility index (Phi) is 6.42. The van der Waals surface area contributed by atoms with E-state index in [2.05, 4.69) is 24.9 Å². The summed E-state index contributed by atoms with van der Waals surface area (Å²) in [6, 6.07) is 19.4. The van der Waals surface area contributed by atoms with E-state index >= 15 is 0 Å². The molecule has 6 nitrogen and oxygen atoms in total. The fourth-order valence-corrected chi connectivity index (χ4v) is 4.87. The van der Waals surface area contributed by atoms with Crippen LogP contribution in [0.1, 0.15) is 23.6 Å². The smallest absolute Gasteiger partial charge is 0.274 e. The van der Waals surface area contributed by atoms with E-state index in [1.807, 2.05) is 67.6 Å². The third-order valence-corrected chi connectivity index (χ3v) is 6.77. The molecular formula is C28H26N2O4S. The van der Waals surface area contributed by atoms with Crippen molar-refractivity contribution in [1.82, 2.24) is 9.38 Å². The fraction of sp³-hybridized carbons (Fsp3) is 0.214. The van der Waals surface area contributed by atoms with Crippen LogP contribution < -0.4 is 24.3 Å². The lowest BCUT2D eigenvalue weighted by Gasteiger charge is -2.13. The van der Waals surface area contributed by atoms with Crippen LogP contribution in [-0.2, 0) is 0 Å². The summed E-state index contributed by atoms with van der Waals surface area (Å²) in [6.07, 6.45) is 1.87. The van der Waals surface area contributed by atoms with Crippen LogP contribution in [0.25, 0.3) is 22.1 Å². The second-order valence-electron chi connectivity index (χ2n) is 8.22. The van der Waals surface area contributed by atoms with E-state index in [0.717, 1.165) is 22.3 Å². The van der Waals surface area contributed by atoms with Gasteiger partial charge in [-0.2, -0.15) is 0 Å². The average Bonchev–Trinajstić information content (AvgIpc) is 3.36. The number of hydrogen-bond donors (Lipinski definition) is 0. The maximum absolute atomic E-state index is 13.0. The first-order chi connectivity index (χ1) is 17.0.